The molecule has 2 aliphatic rings. The largest absolute Gasteiger partial charge is 0.359 e. The molecule has 2 saturated carbocycles. The maximum atomic E-state index is 11.9. The van der Waals surface area contributed by atoms with Gasteiger partial charge in [0.05, 0.1) is 13.2 Å². The Morgan fingerprint density at radius 3 is 2.71 bits per heavy atom. The van der Waals surface area contributed by atoms with Crippen LogP contribution >= 0.6 is 0 Å². The van der Waals surface area contributed by atoms with Crippen molar-refractivity contribution < 1.29 is 19.1 Å². The predicted molar refractivity (Wildman–Crippen MR) is 93.0 cm³/mol. The number of methoxy groups -OCH3 is 1. The third-order valence-corrected chi connectivity index (χ3v) is 5.93. The van der Waals surface area contributed by atoms with Crippen LogP contribution in [0.4, 0.5) is 0 Å². The summed E-state index contributed by atoms with van der Waals surface area (Å²) in [5.41, 5.74) is 1.22. The fraction of sp³-hybridized carbons (Fsp3) is 0.737. The highest BCUT2D eigenvalue weighted by Crippen LogP contribution is 2.58. The number of hydroxylamine groups is 2. The van der Waals surface area contributed by atoms with E-state index < -0.39 is 0 Å². The van der Waals surface area contributed by atoms with Gasteiger partial charge in [0, 0.05) is 20.2 Å². The third-order valence-electron chi connectivity index (χ3n) is 5.93. The van der Waals surface area contributed by atoms with Gasteiger partial charge in [-0.25, -0.2) is 5.06 Å². The molecule has 4 atom stereocenters. The van der Waals surface area contributed by atoms with Gasteiger partial charge < -0.3 is 9.47 Å². The van der Waals surface area contributed by atoms with E-state index in [4.69, 9.17) is 14.3 Å². The number of hydrogen-bond donors (Lipinski definition) is 0. The van der Waals surface area contributed by atoms with Crippen LogP contribution in [0.5, 0.6) is 0 Å². The summed E-state index contributed by atoms with van der Waals surface area (Å²) in [6.45, 7) is 6.98. The molecule has 0 saturated heterocycles. The molecule has 0 aliphatic heterocycles. The molecule has 0 aromatic heterocycles. The molecule has 0 heterocycles. The summed E-state index contributed by atoms with van der Waals surface area (Å²) in [6, 6.07) is 0. The van der Waals surface area contributed by atoms with Gasteiger partial charge in [-0.2, -0.15) is 0 Å². The first-order chi connectivity index (χ1) is 11.4. The van der Waals surface area contributed by atoms with Gasteiger partial charge in [-0.15, -0.1) is 0 Å². The van der Waals surface area contributed by atoms with E-state index in [9.17, 15) is 4.79 Å². The van der Waals surface area contributed by atoms with Gasteiger partial charge in [-0.05, 0) is 42.9 Å². The van der Waals surface area contributed by atoms with Crippen molar-refractivity contribution in [2.75, 3.05) is 28.1 Å². The predicted octanol–water partition coefficient (Wildman–Crippen LogP) is 3.32. The Balaban J connectivity index is 2.05. The third kappa shape index (κ3) is 3.90. The summed E-state index contributed by atoms with van der Waals surface area (Å²) in [4.78, 5) is 16.8. The maximum absolute atomic E-state index is 11.9. The van der Waals surface area contributed by atoms with Gasteiger partial charge in [-0.3, -0.25) is 9.63 Å². The van der Waals surface area contributed by atoms with Crippen molar-refractivity contribution >= 4 is 5.91 Å². The Bertz CT molecular complexity index is 490. The highest BCUT2D eigenvalue weighted by atomic mass is 16.7. The second-order valence-corrected chi connectivity index (χ2v) is 7.17. The van der Waals surface area contributed by atoms with E-state index in [1.54, 1.807) is 20.2 Å². The molecule has 0 aromatic rings. The van der Waals surface area contributed by atoms with Crippen LogP contribution in [-0.2, 0) is 19.1 Å². The smallest absolute Gasteiger partial charge is 0.269 e. The van der Waals surface area contributed by atoms with Crippen LogP contribution in [-0.4, -0.2) is 45.1 Å². The number of hydrogen-bond acceptors (Lipinski definition) is 4. The van der Waals surface area contributed by atoms with Crippen LogP contribution in [0, 0.1) is 17.3 Å². The van der Waals surface area contributed by atoms with Crippen molar-refractivity contribution in [2.24, 2.45) is 17.3 Å². The molecule has 5 nitrogen and oxygen atoms in total. The van der Waals surface area contributed by atoms with E-state index >= 15 is 0 Å². The van der Waals surface area contributed by atoms with E-state index in [2.05, 4.69) is 13.5 Å². The first-order valence-corrected chi connectivity index (χ1v) is 8.73. The minimum atomic E-state index is -0.178. The van der Waals surface area contributed by atoms with E-state index in [0.29, 0.717) is 18.6 Å². The Labute approximate surface area is 145 Å². The van der Waals surface area contributed by atoms with Gasteiger partial charge >= 0.3 is 0 Å². The average molecular weight is 337 g/mol. The van der Waals surface area contributed by atoms with Crippen LogP contribution in [0.3, 0.4) is 0 Å². The lowest BCUT2D eigenvalue weighted by atomic mass is 9.63. The molecule has 5 heteroatoms. The molecule has 0 spiro atoms. The summed E-state index contributed by atoms with van der Waals surface area (Å²) in [5, 5.41) is 1.21. The molecule has 0 radical (unpaired) electrons. The number of ether oxygens (including phenoxy) is 2. The van der Waals surface area contributed by atoms with Crippen molar-refractivity contribution in [2.45, 2.75) is 45.1 Å². The minimum absolute atomic E-state index is 0.178. The summed E-state index contributed by atoms with van der Waals surface area (Å²) in [7, 11) is 4.74. The highest BCUT2D eigenvalue weighted by molar-refractivity contribution is 5.87. The van der Waals surface area contributed by atoms with Crippen molar-refractivity contribution in [1.82, 2.24) is 5.06 Å². The zero-order valence-electron chi connectivity index (χ0n) is 15.4. The lowest BCUT2D eigenvalue weighted by Crippen LogP contribution is -2.41. The second kappa shape index (κ2) is 8.28. The Morgan fingerprint density at radius 2 is 2.04 bits per heavy atom. The molecule has 2 fully saturated rings. The monoisotopic (exact) mass is 337 g/mol. The van der Waals surface area contributed by atoms with Crippen LogP contribution in [0.2, 0.25) is 0 Å². The number of allylic oxidation sites excluding steroid dienone is 2. The fourth-order valence-electron chi connectivity index (χ4n) is 4.57. The zero-order valence-corrected chi connectivity index (χ0v) is 15.4. The molecule has 0 aromatic carbocycles. The minimum Gasteiger partial charge on any atom is -0.359 e. The number of likely N-dealkylation sites (N-methyl/N-ethyl adjacent to an activating group) is 1. The van der Waals surface area contributed by atoms with Gasteiger partial charge in [0.25, 0.3) is 5.91 Å². The maximum Gasteiger partial charge on any atom is 0.269 e. The SMILES string of the molecule is C=C(C=CC(=O)N(C)OC)C1CCC2C(OCOC)CCCC12C. The molecule has 2 aliphatic carbocycles. The summed E-state index contributed by atoms with van der Waals surface area (Å²) >= 11 is 0. The van der Waals surface area contributed by atoms with Crippen molar-refractivity contribution in [3.05, 3.63) is 24.3 Å². The van der Waals surface area contributed by atoms with E-state index in [0.717, 1.165) is 24.8 Å². The highest BCUT2D eigenvalue weighted by Gasteiger charge is 2.52. The van der Waals surface area contributed by atoms with Gasteiger partial charge in [0.2, 0.25) is 0 Å². The van der Waals surface area contributed by atoms with Crippen molar-refractivity contribution in [3.8, 4) is 0 Å². The topological polar surface area (TPSA) is 48.0 Å². The van der Waals surface area contributed by atoms with Crippen molar-refractivity contribution in [1.29, 1.82) is 0 Å². The number of fused-ring (bicyclic) bond motifs is 1. The second-order valence-electron chi connectivity index (χ2n) is 7.17. The van der Waals surface area contributed by atoms with E-state index in [1.807, 2.05) is 6.08 Å². The normalized spacial score (nSPS) is 32.8. The first kappa shape index (κ1) is 19.2. The molecule has 24 heavy (non-hydrogen) atoms. The van der Waals surface area contributed by atoms with Crippen molar-refractivity contribution in [3.63, 3.8) is 0 Å². The molecular formula is C19H31NO4. The molecule has 4 unspecified atom stereocenters. The number of carbonyl (C=O) groups is 1. The standard InChI is InChI=1S/C19H31NO4/c1-14(8-11-18(21)20(3)23-5)15-9-10-16-17(24-13-22-4)7-6-12-19(15,16)2/h8,11,15-17H,1,6-7,9-10,12-13H2,2-5H3. The van der Waals surface area contributed by atoms with Crippen LogP contribution in [0.15, 0.2) is 24.3 Å². The average Bonchev–Trinajstić information content (AvgIpc) is 2.94. The van der Waals surface area contributed by atoms with Crippen LogP contribution in [0.1, 0.15) is 39.0 Å². The molecular weight excluding hydrogens is 306 g/mol. The quantitative estimate of drug-likeness (QED) is 0.309. The lowest BCUT2D eigenvalue weighted by Gasteiger charge is -2.45. The molecule has 0 N–H and O–H groups in total. The van der Waals surface area contributed by atoms with E-state index in [1.165, 1.54) is 25.0 Å². The molecule has 2 rings (SSSR count). The number of amides is 1. The summed E-state index contributed by atoms with van der Waals surface area (Å²) in [5.74, 6) is 0.755. The number of nitrogens with zero attached hydrogens (tertiary/aromatic N) is 1. The Hall–Kier alpha value is -1.17. The first-order valence-electron chi connectivity index (χ1n) is 8.73. The van der Waals surface area contributed by atoms with E-state index in [-0.39, 0.29) is 17.4 Å². The molecule has 1 amide bonds. The van der Waals surface area contributed by atoms with Gasteiger partial charge in [-0.1, -0.05) is 31.6 Å². The lowest BCUT2D eigenvalue weighted by molar-refractivity contribution is -0.162. The zero-order chi connectivity index (χ0) is 17.7. The van der Waals surface area contributed by atoms with Gasteiger partial charge in [0.1, 0.15) is 6.79 Å². The fourth-order valence-corrected chi connectivity index (χ4v) is 4.57. The Morgan fingerprint density at radius 1 is 1.29 bits per heavy atom. The number of rotatable bonds is 7. The molecule has 136 valence electrons. The summed E-state index contributed by atoms with van der Waals surface area (Å²) in [6.07, 6.45) is 9.38. The van der Waals surface area contributed by atoms with Crippen LogP contribution in [0.25, 0.3) is 0 Å². The molecule has 0 bridgehead atoms. The van der Waals surface area contributed by atoms with Gasteiger partial charge in [0.15, 0.2) is 0 Å². The number of carbonyl (C=O) groups excluding carboxylic acids is 1. The van der Waals surface area contributed by atoms with Crippen LogP contribution < -0.4 is 0 Å². The Kier molecular flexibility index (Phi) is 6.61. The summed E-state index contributed by atoms with van der Waals surface area (Å²) < 4.78 is 11.0.